The van der Waals surface area contributed by atoms with Gasteiger partial charge in [-0.1, -0.05) is 28.8 Å². The van der Waals surface area contributed by atoms with Crippen molar-refractivity contribution in [1.82, 2.24) is 0 Å². The van der Waals surface area contributed by atoms with E-state index in [1.807, 2.05) is 19.4 Å². The molecule has 0 aromatic heterocycles. The summed E-state index contributed by atoms with van der Waals surface area (Å²) in [5.41, 5.74) is 2.08. The first-order valence-electron chi connectivity index (χ1n) is 4.02. The summed E-state index contributed by atoms with van der Waals surface area (Å²) in [5, 5.41) is 1.43. The zero-order chi connectivity index (χ0) is 9.84. The first-order valence-corrected chi connectivity index (χ1v) is 4.78. The topological polar surface area (TPSA) is 0 Å². The molecule has 0 saturated heterocycles. The summed E-state index contributed by atoms with van der Waals surface area (Å²) in [6, 6.07) is 5.43. The number of hydrogen-bond donors (Lipinski definition) is 0. The van der Waals surface area contributed by atoms with Gasteiger partial charge in [-0.15, -0.1) is 6.58 Å². The van der Waals surface area contributed by atoms with E-state index in [9.17, 15) is 0 Å². The highest BCUT2D eigenvalue weighted by molar-refractivity contribution is 6.33. The van der Waals surface area contributed by atoms with Crippen LogP contribution in [0.1, 0.15) is 18.9 Å². The molecule has 0 amide bonds. The van der Waals surface area contributed by atoms with E-state index in [4.69, 9.17) is 23.2 Å². The van der Waals surface area contributed by atoms with Gasteiger partial charge in [0.15, 0.2) is 0 Å². The fourth-order valence-electron chi connectivity index (χ4n) is 0.955. The van der Waals surface area contributed by atoms with Crippen molar-refractivity contribution >= 4 is 23.2 Å². The Morgan fingerprint density at radius 1 is 1.46 bits per heavy atom. The maximum Gasteiger partial charge on any atom is 0.0442 e. The Morgan fingerprint density at radius 3 is 2.77 bits per heavy atom. The Labute approximate surface area is 89.2 Å². The second kappa shape index (κ2) is 4.69. The Balaban J connectivity index is 2.75. The van der Waals surface area contributed by atoms with Crippen molar-refractivity contribution in [1.29, 1.82) is 0 Å². The summed E-state index contributed by atoms with van der Waals surface area (Å²) in [6.07, 6.45) is 2.86. The molecule has 13 heavy (non-hydrogen) atoms. The van der Waals surface area contributed by atoms with Crippen molar-refractivity contribution in [3.63, 3.8) is 0 Å². The van der Waals surface area contributed by atoms with E-state index in [-0.39, 0.29) is 0 Å². The average Bonchev–Trinajstić information content (AvgIpc) is 2.06. The SMILES string of the molecule is C=C(C)C[CH]c1cc(Cl)ccc1Cl. The molecule has 0 saturated carbocycles. The molecule has 0 bridgehead atoms. The molecule has 0 unspecified atom stereocenters. The fraction of sp³-hybridized carbons (Fsp3) is 0.182. The van der Waals surface area contributed by atoms with Crippen molar-refractivity contribution in [2.75, 3.05) is 0 Å². The van der Waals surface area contributed by atoms with Crippen molar-refractivity contribution in [3.05, 3.63) is 52.4 Å². The lowest BCUT2D eigenvalue weighted by molar-refractivity contribution is 1.14. The van der Waals surface area contributed by atoms with Crippen LogP contribution in [-0.4, -0.2) is 0 Å². The van der Waals surface area contributed by atoms with Gasteiger partial charge in [-0.3, -0.25) is 0 Å². The van der Waals surface area contributed by atoms with Crippen LogP contribution < -0.4 is 0 Å². The summed E-state index contributed by atoms with van der Waals surface area (Å²) >= 11 is 11.8. The van der Waals surface area contributed by atoms with E-state index in [2.05, 4.69) is 6.58 Å². The van der Waals surface area contributed by atoms with Crippen LogP contribution in [0, 0.1) is 6.42 Å². The van der Waals surface area contributed by atoms with E-state index in [0.29, 0.717) is 5.02 Å². The molecular weight excluding hydrogens is 203 g/mol. The molecule has 0 heterocycles. The van der Waals surface area contributed by atoms with Crippen LogP contribution in [0.2, 0.25) is 10.0 Å². The third-order valence-electron chi connectivity index (χ3n) is 1.63. The number of halogens is 2. The van der Waals surface area contributed by atoms with Gasteiger partial charge in [0.25, 0.3) is 0 Å². The Kier molecular flexibility index (Phi) is 3.83. The molecule has 1 rings (SSSR count). The molecule has 1 aromatic carbocycles. The molecule has 69 valence electrons. The molecule has 0 nitrogen and oxygen atoms in total. The van der Waals surface area contributed by atoms with Gasteiger partial charge in [0.2, 0.25) is 0 Å². The van der Waals surface area contributed by atoms with Gasteiger partial charge in [-0.05, 0) is 43.5 Å². The summed E-state index contributed by atoms with van der Waals surface area (Å²) in [6.45, 7) is 5.80. The highest BCUT2D eigenvalue weighted by Crippen LogP contribution is 2.23. The minimum Gasteiger partial charge on any atom is -0.100 e. The largest absolute Gasteiger partial charge is 0.100 e. The van der Waals surface area contributed by atoms with Crippen molar-refractivity contribution < 1.29 is 0 Å². The molecular formula is C11H11Cl2. The lowest BCUT2D eigenvalue weighted by Crippen LogP contribution is -1.84. The van der Waals surface area contributed by atoms with Gasteiger partial charge in [0, 0.05) is 10.0 Å². The smallest absolute Gasteiger partial charge is 0.0442 e. The van der Waals surface area contributed by atoms with E-state index in [0.717, 1.165) is 22.6 Å². The standard InChI is InChI=1S/C11H11Cl2/c1-8(2)3-4-9-7-10(12)5-6-11(9)13/h4-7H,1,3H2,2H3. The quantitative estimate of drug-likeness (QED) is 0.649. The van der Waals surface area contributed by atoms with Gasteiger partial charge in [-0.2, -0.15) is 0 Å². The van der Waals surface area contributed by atoms with Crippen LogP contribution in [0.4, 0.5) is 0 Å². The third-order valence-corrected chi connectivity index (χ3v) is 2.21. The predicted octanol–water partition coefficient (Wildman–Crippen LogP) is 4.51. The molecule has 1 radical (unpaired) electrons. The molecule has 0 aliphatic rings. The molecule has 0 fully saturated rings. The minimum atomic E-state index is 0.706. The Morgan fingerprint density at radius 2 is 2.15 bits per heavy atom. The van der Waals surface area contributed by atoms with Crippen molar-refractivity contribution in [2.45, 2.75) is 13.3 Å². The van der Waals surface area contributed by atoms with Gasteiger partial charge in [-0.25, -0.2) is 0 Å². The van der Waals surface area contributed by atoms with Crippen LogP contribution in [0.25, 0.3) is 0 Å². The zero-order valence-corrected chi connectivity index (χ0v) is 8.99. The van der Waals surface area contributed by atoms with Crippen LogP contribution in [-0.2, 0) is 0 Å². The Hall–Kier alpha value is -0.460. The molecule has 2 heteroatoms. The molecule has 0 atom stereocenters. The maximum absolute atomic E-state index is 5.96. The highest BCUT2D eigenvalue weighted by atomic mass is 35.5. The van der Waals surface area contributed by atoms with Crippen LogP contribution in [0.3, 0.4) is 0 Å². The van der Waals surface area contributed by atoms with Crippen LogP contribution in [0.5, 0.6) is 0 Å². The molecule has 0 aliphatic heterocycles. The maximum atomic E-state index is 5.96. The average molecular weight is 214 g/mol. The summed E-state index contributed by atoms with van der Waals surface area (Å²) in [7, 11) is 0. The van der Waals surface area contributed by atoms with Crippen LogP contribution >= 0.6 is 23.2 Å². The van der Waals surface area contributed by atoms with E-state index >= 15 is 0 Å². The first kappa shape index (κ1) is 10.6. The van der Waals surface area contributed by atoms with E-state index in [1.165, 1.54) is 0 Å². The van der Waals surface area contributed by atoms with Crippen molar-refractivity contribution in [2.24, 2.45) is 0 Å². The summed E-state index contributed by atoms with van der Waals surface area (Å²) in [4.78, 5) is 0. The first-order chi connectivity index (χ1) is 6.09. The normalized spacial score (nSPS) is 10.1. The van der Waals surface area contributed by atoms with Crippen LogP contribution in [0.15, 0.2) is 30.4 Å². The van der Waals surface area contributed by atoms with Gasteiger partial charge >= 0.3 is 0 Å². The van der Waals surface area contributed by atoms with Crippen molar-refractivity contribution in [3.8, 4) is 0 Å². The number of rotatable bonds is 3. The van der Waals surface area contributed by atoms with E-state index in [1.54, 1.807) is 12.1 Å². The predicted molar refractivity (Wildman–Crippen MR) is 59.3 cm³/mol. The molecule has 0 aliphatic carbocycles. The van der Waals surface area contributed by atoms with E-state index < -0.39 is 0 Å². The second-order valence-electron chi connectivity index (χ2n) is 3.03. The Bertz CT molecular complexity index is 316. The second-order valence-corrected chi connectivity index (χ2v) is 3.87. The molecule has 0 N–H and O–H groups in total. The zero-order valence-electron chi connectivity index (χ0n) is 7.48. The lowest BCUT2D eigenvalue weighted by Gasteiger charge is -2.03. The monoisotopic (exact) mass is 213 g/mol. The van der Waals surface area contributed by atoms with Gasteiger partial charge < -0.3 is 0 Å². The fourth-order valence-corrected chi connectivity index (χ4v) is 1.33. The molecule has 0 spiro atoms. The number of hydrogen-bond acceptors (Lipinski definition) is 0. The number of benzene rings is 1. The minimum absolute atomic E-state index is 0.706. The summed E-state index contributed by atoms with van der Waals surface area (Å²) in [5.74, 6) is 0. The number of allylic oxidation sites excluding steroid dienone is 1. The van der Waals surface area contributed by atoms with Gasteiger partial charge in [0.05, 0.1) is 0 Å². The lowest BCUT2D eigenvalue weighted by atomic mass is 10.1. The van der Waals surface area contributed by atoms with Gasteiger partial charge in [0.1, 0.15) is 0 Å². The highest BCUT2D eigenvalue weighted by Gasteiger charge is 2.01. The third kappa shape index (κ3) is 3.41. The summed E-state index contributed by atoms with van der Waals surface area (Å²) < 4.78 is 0. The molecule has 1 aromatic rings.